The molecule has 2 atom stereocenters. The van der Waals surface area contributed by atoms with Gasteiger partial charge in [-0.3, -0.25) is 0 Å². The first-order chi connectivity index (χ1) is 11.5. The lowest BCUT2D eigenvalue weighted by Gasteiger charge is -2.27. The number of hydrogen-bond donors (Lipinski definition) is 1. The number of aryl methyl sites for hydroxylation is 1. The molecule has 24 heavy (non-hydrogen) atoms. The van der Waals surface area contributed by atoms with E-state index in [9.17, 15) is 9.67 Å². The molecule has 0 aliphatic rings. The third kappa shape index (κ3) is 3.16. The SMILES string of the molecule is Cc1ccc(O)c(C(c2ccccc2)P(C)(=O)c2ccccc2)c1. The van der Waals surface area contributed by atoms with E-state index in [1.165, 1.54) is 0 Å². The van der Waals surface area contributed by atoms with Gasteiger partial charge in [0.1, 0.15) is 12.9 Å². The zero-order valence-electron chi connectivity index (χ0n) is 13.9. The van der Waals surface area contributed by atoms with Crippen molar-refractivity contribution in [3.05, 3.63) is 95.6 Å². The molecule has 0 spiro atoms. The lowest BCUT2D eigenvalue weighted by molar-refractivity contribution is 0.468. The van der Waals surface area contributed by atoms with Crippen molar-refractivity contribution in [2.75, 3.05) is 6.66 Å². The van der Waals surface area contributed by atoms with Gasteiger partial charge in [0.2, 0.25) is 0 Å². The van der Waals surface area contributed by atoms with Crippen molar-refractivity contribution in [1.82, 2.24) is 0 Å². The molecule has 0 bridgehead atoms. The predicted molar refractivity (Wildman–Crippen MR) is 101 cm³/mol. The zero-order chi connectivity index (χ0) is 17.2. The van der Waals surface area contributed by atoms with Gasteiger partial charge in [0.05, 0.1) is 5.66 Å². The first kappa shape index (κ1) is 16.5. The molecule has 0 aliphatic heterocycles. The van der Waals surface area contributed by atoms with Crippen LogP contribution in [-0.4, -0.2) is 11.8 Å². The minimum atomic E-state index is -2.81. The van der Waals surface area contributed by atoms with Crippen LogP contribution in [0.5, 0.6) is 5.75 Å². The Labute approximate surface area is 143 Å². The van der Waals surface area contributed by atoms with Gasteiger partial charge in [-0.1, -0.05) is 78.4 Å². The largest absolute Gasteiger partial charge is 0.508 e. The van der Waals surface area contributed by atoms with E-state index in [1.54, 1.807) is 6.07 Å². The summed E-state index contributed by atoms with van der Waals surface area (Å²) in [7, 11) is -2.81. The van der Waals surface area contributed by atoms with Gasteiger partial charge < -0.3 is 9.67 Å². The van der Waals surface area contributed by atoms with Crippen LogP contribution >= 0.6 is 7.14 Å². The average molecular weight is 336 g/mol. The topological polar surface area (TPSA) is 37.3 Å². The molecule has 2 unspecified atom stereocenters. The second-order valence-electron chi connectivity index (χ2n) is 6.20. The fourth-order valence-electron chi connectivity index (χ4n) is 3.13. The van der Waals surface area contributed by atoms with Crippen molar-refractivity contribution in [2.45, 2.75) is 12.6 Å². The summed E-state index contributed by atoms with van der Waals surface area (Å²) in [6.07, 6.45) is 0. The highest BCUT2D eigenvalue weighted by atomic mass is 31.2. The molecule has 0 saturated carbocycles. The summed E-state index contributed by atoms with van der Waals surface area (Å²) in [5.41, 5.74) is 2.33. The molecule has 2 nitrogen and oxygen atoms in total. The van der Waals surface area contributed by atoms with Gasteiger partial charge in [-0.05, 0) is 25.2 Å². The molecule has 0 aliphatic carbocycles. The standard InChI is InChI=1S/C21H21O2P/c1-16-13-14-20(22)19(15-16)21(17-9-5-3-6-10-17)24(2,23)18-11-7-4-8-12-18/h3-15,21-22H,1-2H3. The maximum absolute atomic E-state index is 13.9. The molecule has 3 heteroatoms. The van der Waals surface area contributed by atoms with E-state index in [0.29, 0.717) is 0 Å². The normalized spacial score (nSPS) is 14.8. The van der Waals surface area contributed by atoms with Crippen molar-refractivity contribution in [2.24, 2.45) is 0 Å². The Morgan fingerprint density at radius 2 is 1.46 bits per heavy atom. The lowest BCUT2D eigenvalue weighted by Crippen LogP contribution is -2.12. The lowest BCUT2D eigenvalue weighted by atomic mass is 10.0. The highest BCUT2D eigenvalue weighted by Gasteiger charge is 2.34. The van der Waals surface area contributed by atoms with Crippen molar-refractivity contribution in [3.8, 4) is 5.75 Å². The molecule has 122 valence electrons. The van der Waals surface area contributed by atoms with E-state index in [1.807, 2.05) is 86.4 Å². The summed E-state index contributed by atoms with van der Waals surface area (Å²) < 4.78 is 13.9. The molecule has 3 aromatic rings. The van der Waals surface area contributed by atoms with Gasteiger partial charge in [-0.2, -0.15) is 0 Å². The maximum atomic E-state index is 13.9. The Morgan fingerprint density at radius 3 is 2.08 bits per heavy atom. The van der Waals surface area contributed by atoms with Gasteiger partial charge in [0, 0.05) is 10.9 Å². The highest BCUT2D eigenvalue weighted by molar-refractivity contribution is 7.71. The molecule has 1 N–H and O–H groups in total. The minimum Gasteiger partial charge on any atom is -0.508 e. The third-order valence-electron chi connectivity index (χ3n) is 4.35. The Hall–Kier alpha value is -2.31. The fourth-order valence-corrected chi connectivity index (χ4v) is 5.67. The van der Waals surface area contributed by atoms with E-state index in [-0.39, 0.29) is 11.4 Å². The molecule has 0 saturated heterocycles. The first-order valence-electron chi connectivity index (χ1n) is 7.97. The van der Waals surface area contributed by atoms with E-state index < -0.39 is 7.14 Å². The van der Waals surface area contributed by atoms with Crippen molar-refractivity contribution in [3.63, 3.8) is 0 Å². The van der Waals surface area contributed by atoms with Crippen LogP contribution in [0.15, 0.2) is 78.9 Å². The summed E-state index contributed by atoms with van der Waals surface area (Å²) in [6.45, 7) is 3.79. The van der Waals surface area contributed by atoms with Crippen LogP contribution in [0, 0.1) is 6.92 Å². The van der Waals surface area contributed by atoms with Crippen LogP contribution in [-0.2, 0) is 4.57 Å². The molecule has 0 radical (unpaired) electrons. The van der Waals surface area contributed by atoms with Crippen LogP contribution in [0.4, 0.5) is 0 Å². The Kier molecular flexibility index (Phi) is 4.59. The summed E-state index contributed by atoms with van der Waals surface area (Å²) >= 11 is 0. The van der Waals surface area contributed by atoms with Gasteiger partial charge in [-0.15, -0.1) is 0 Å². The van der Waals surface area contributed by atoms with Gasteiger partial charge in [0.25, 0.3) is 0 Å². The van der Waals surface area contributed by atoms with E-state index in [2.05, 4.69) is 0 Å². The van der Waals surface area contributed by atoms with Crippen LogP contribution < -0.4 is 5.30 Å². The molecule has 0 heterocycles. The highest BCUT2D eigenvalue weighted by Crippen LogP contribution is 2.59. The van der Waals surface area contributed by atoms with Gasteiger partial charge >= 0.3 is 0 Å². The van der Waals surface area contributed by atoms with Crippen molar-refractivity contribution in [1.29, 1.82) is 0 Å². The van der Waals surface area contributed by atoms with Crippen LogP contribution in [0.2, 0.25) is 0 Å². The second-order valence-corrected chi connectivity index (χ2v) is 9.21. The fraction of sp³-hybridized carbons (Fsp3) is 0.143. The number of rotatable bonds is 4. The monoisotopic (exact) mass is 336 g/mol. The smallest absolute Gasteiger partial charge is 0.124 e. The second kappa shape index (κ2) is 6.67. The Morgan fingerprint density at radius 1 is 0.875 bits per heavy atom. The van der Waals surface area contributed by atoms with E-state index >= 15 is 0 Å². The number of phenolic OH excluding ortho intramolecular Hbond substituents is 1. The Balaban J connectivity index is 2.24. The summed E-state index contributed by atoms with van der Waals surface area (Å²) in [4.78, 5) is 0. The minimum absolute atomic E-state index is 0.187. The molecule has 3 rings (SSSR count). The molecule has 0 fully saturated rings. The number of hydrogen-bond acceptors (Lipinski definition) is 2. The maximum Gasteiger partial charge on any atom is 0.124 e. The van der Waals surface area contributed by atoms with E-state index in [0.717, 1.165) is 22.0 Å². The third-order valence-corrected chi connectivity index (χ3v) is 7.24. The van der Waals surface area contributed by atoms with Crippen molar-refractivity contribution < 1.29 is 9.67 Å². The van der Waals surface area contributed by atoms with Crippen LogP contribution in [0.1, 0.15) is 22.3 Å². The Bertz CT molecular complexity index is 873. The summed E-state index contributed by atoms with van der Waals surface area (Å²) in [5, 5.41) is 11.3. The number of aromatic hydroxyl groups is 1. The number of benzene rings is 3. The predicted octanol–water partition coefficient (Wildman–Crippen LogP) is 5.11. The quantitative estimate of drug-likeness (QED) is 0.672. The van der Waals surface area contributed by atoms with Crippen molar-refractivity contribution >= 4 is 12.4 Å². The summed E-state index contributed by atoms with van der Waals surface area (Å²) in [5.74, 6) is 0.187. The molecular formula is C21H21O2P. The molecule has 0 aromatic heterocycles. The van der Waals surface area contributed by atoms with Crippen LogP contribution in [0.25, 0.3) is 0 Å². The first-order valence-corrected chi connectivity index (χ1v) is 10.2. The summed E-state index contributed by atoms with van der Waals surface area (Å²) in [6, 6.07) is 24.8. The number of phenols is 1. The van der Waals surface area contributed by atoms with Gasteiger partial charge in [0.15, 0.2) is 0 Å². The molecular weight excluding hydrogens is 315 g/mol. The zero-order valence-corrected chi connectivity index (χ0v) is 14.8. The average Bonchev–Trinajstić information content (AvgIpc) is 2.60. The van der Waals surface area contributed by atoms with Crippen LogP contribution in [0.3, 0.4) is 0 Å². The van der Waals surface area contributed by atoms with E-state index in [4.69, 9.17) is 0 Å². The molecule has 0 amide bonds. The van der Waals surface area contributed by atoms with Gasteiger partial charge in [-0.25, -0.2) is 0 Å². The molecule has 3 aromatic carbocycles.